The van der Waals surface area contributed by atoms with Crippen molar-refractivity contribution < 1.29 is 4.74 Å². The van der Waals surface area contributed by atoms with Crippen molar-refractivity contribution in [2.45, 2.75) is 26.7 Å². The predicted molar refractivity (Wildman–Crippen MR) is 95.3 cm³/mol. The second kappa shape index (κ2) is 6.14. The monoisotopic (exact) mass is 331 g/mol. The average Bonchev–Trinajstić information content (AvgIpc) is 2.94. The Morgan fingerprint density at radius 2 is 1.78 bits per heavy atom. The zero-order valence-electron chi connectivity index (χ0n) is 14.1. The summed E-state index contributed by atoms with van der Waals surface area (Å²) >= 11 is 6.07. The molecule has 0 radical (unpaired) electrons. The predicted octanol–water partition coefficient (Wildman–Crippen LogP) is 4.70. The lowest BCUT2D eigenvalue weighted by molar-refractivity contribution is 0.200. The summed E-state index contributed by atoms with van der Waals surface area (Å²) in [5.74, 6) is 4.74. The molecule has 4 aliphatic carbocycles. The number of benzene rings is 1. The van der Waals surface area contributed by atoms with E-state index in [9.17, 15) is 0 Å². The van der Waals surface area contributed by atoms with Gasteiger partial charge in [-0.15, -0.1) is 0 Å². The van der Waals surface area contributed by atoms with Crippen LogP contribution in [0.2, 0.25) is 5.02 Å². The first-order valence-electron chi connectivity index (χ1n) is 9.08. The van der Waals surface area contributed by atoms with Gasteiger partial charge in [0.05, 0.1) is 0 Å². The first-order chi connectivity index (χ1) is 11.2. The van der Waals surface area contributed by atoms with Crippen molar-refractivity contribution in [3.63, 3.8) is 0 Å². The third-order valence-electron chi connectivity index (χ3n) is 6.16. The molecule has 5 rings (SSSR count). The van der Waals surface area contributed by atoms with Crippen molar-refractivity contribution >= 4 is 17.4 Å². The molecule has 0 amide bonds. The standard InChI is InChI=1S/C20H26ClNO/c1-3-22(4-2)9-10-23-20(13-5-7-15(21)8-6-13)18-14-11-16-17(12-14)19(16)18/h5-8,14,16-17,19H,3-4,9-12H2,1-2H3. The highest BCUT2D eigenvalue weighted by molar-refractivity contribution is 6.30. The minimum absolute atomic E-state index is 0.776. The SMILES string of the molecule is CCN(CC)CCOC(=C1C2CC3C(C2)C13)c1ccc(Cl)cc1. The fourth-order valence-electron chi connectivity index (χ4n) is 4.92. The van der Waals surface area contributed by atoms with Gasteiger partial charge in [-0.3, -0.25) is 0 Å². The summed E-state index contributed by atoms with van der Waals surface area (Å²) in [6.07, 6.45) is 2.81. The Kier molecular flexibility index (Phi) is 4.15. The fraction of sp³-hybridized carbons (Fsp3) is 0.600. The molecule has 4 bridgehead atoms. The molecular weight excluding hydrogens is 306 g/mol. The average molecular weight is 332 g/mol. The Hall–Kier alpha value is -0.990. The Morgan fingerprint density at radius 3 is 2.30 bits per heavy atom. The van der Waals surface area contributed by atoms with E-state index in [1.165, 1.54) is 24.2 Å². The summed E-state index contributed by atoms with van der Waals surface area (Å²) in [5.41, 5.74) is 2.84. The van der Waals surface area contributed by atoms with Gasteiger partial charge in [0.25, 0.3) is 0 Å². The number of allylic oxidation sites excluding steroid dienone is 1. The maximum absolute atomic E-state index is 6.38. The van der Waals surface area contributed by atoms with Crippen LogP contribution in [0.25, 0.3) is 5.76 Å². The van der Waals surface area contributed by atoms with Crippen LogP contribution in [0.15, 0.2) is 29.8 Å². The van der Waals surface area contributed by atoms with E-state index < -0.39 is 0 Å². The highest BCUT2D eigenvalue weighted by Gasteiger charge is 2.66. The largest absolute Gasteiger partial charge is 0.492 e. The van der Waals surface area contributed by atoms with E-state index >= 15 is 0 Å². The summed E-state index contributed by atoms with van der Waals surface area (Å²) in [6.45, 7) is 8.37. The molecule has 2 nitrogen and oxygen atoms in total. The van der Waals surface area contributed by atoms with Gasteiger partial charge in [-0.05, 0) is 79.4 Å². The normalized spacial score (nSPS) is 32.5. The highest BCUT2D eigenvalue weighted by Crippen LogP contribution is 2.74. The molecule has 0 heterocycles. The molecule has 0 aromatic heterocycles. The minimum Gasteiger partial charge on any atom is -0.492 e. The lowest BCUT2D eigenvalue weighted by atomic mass is 10.0. The van der Waals surface area contributed by atoms with Gasteiger partial charge < -0.3 is 9.64 Å². The summed E-state index contributed by atoms with van der Waals surface area (Å²) < 4.78 is 6.38. The fourth-order valence-corrected chi connectivity index (χ4v) is 5.04. The molecule has 1 aromatic rings. The van der Waals surface area contributed by atoms with Gasteiger partial charge in [-0.2, -0.15) is 0 Å². The second-order valence-corrected chi connectivity index (χ2v) is 7.62. The van der Waals surface area contributed by atoms with Gasteiger partial charge in [-0.1, -0.05) is 25.4 Å². The lowest BCUT2D eigenvalue weighted by Crippen LogP contribution is -2.27. The van der Waals surface area contributed by atoms with Crippen LogP contribution in [0.3, 0.4) is 0 Å². The van der Waals surface area contributed by atoms with E-state index in [1.54, 1.807) is 5.57 Å². The maximum atomic E-state index is 6.38. The first-order valence-corrected chi connectivity index (χ1v) is 9.45. The molecule has 23 heavy (non-hydrogen) atoms. The Bertz CT molecular complexity index is 589. The third-order valence-corrected chi connectivity index (χ3v) is 6.41. The Balaban J connectivity index is 1.56. The van der Waals surface area contributed by atoms with Crippen LogP contribution in [0.4, 0.5) is 0 Å². The van der Waals surface area contributed by atoms with Crippen molar-refractivity contribution in [2.75, 3.05) is 26.2 Å². The van der Waals surface area contributed by atoms with Gasteiger partial charge in [0.2, 0.25) is 0 Å². The van der Waals surface area contributed by atoms with E-state index in [2.05, 4.69) is 30.9 Å². The van der Waals surface area contributed by atoms with E-state index in [-0.39, 0.29) is 0 Å². The van der Waals surface area contributed by atoms with Crippen LogP contribution in [-0.4, -0.2) is 31.1 Å². The lowest BCUT2D eigenvalue weighted by Gasteiger charge is -2.21. The van der Waals surface area contributed by atoms with Crippen molar-refractivity contribution in [3.8, 4) is 0 Å². The Labute approximate surface area is 144 Å². The number of hydrogen-bond donors (Lipinski definition) is 0. The van der Waals surface area contributed by atoms with Crippen LogP contribution >= 0.6 is 11.6 Å². The molecule has 4 saturated carbocycles. The zero-order valence-corrected chi connectivity index (χ0v) is 14.9. The van der Waals surface area contributed by atoms with Crippen molar-refractivity contribution in [2.24, 2.45) is 23.7 Å². The maximum Gasteiger partial charge on any atom is 0.126 e. The van der Waals surface area contributed by atoms with Crippen LogP contribution in [0, 0.1) is 23.7 Å². The number of hydrogen-bond acceptors (Lipinski definition) is 2. The van der Waals surface area contributed by atoms with Crippen LogP contribution in [0.1, 0.15) is 32.3 Å². The van der Waals surface area contributed by atoms with Crippen LogP contribution in [-0.2, 0) is 4.74 Å². The molecule has 0 N–H and O–H groups in total. The van der Waals surface area contributed by atoms with Crippen molar-refractivity contribution in [3.05, 3.63) is 40.4 Å². The molecule has 0 spiro atoms. The molecule has 4 fully saturated rings. The van der Waals surface area contributed by atoms with E-state index in [1.807, 2.05) is 12.1 Å². The van der Waals surface area contributed by atoms with E-state index in [0.29, 0.717) is 0 Å². The van der Waals surface area contributed by atoms with Gasteiger partial charge in [0.1, 0.15) is 12.4 Å². The molecule has 4 aliphatic rings. The van der Waals surface area contributed by atoms with Gasteiger partial charge in [0, 0.05) is 17.1 Å². The summed E-state index contributed by atoms with van der Waals surface area (Å²) in [4.78, 5) is 2.42. The van der Waals surface area contributed by atoms with Crippen LogP contribution < -0.4 is 0 Å². The first kappa shape index (κ1) is 15.5. The molecular formula is C20H26ClNO. The third kappa shape index (κ3) is 2.70. The molecule has 124 valence electrons. The Morgan fingerprint density at radius 1 is 1.13 bits per heavy atom. The topological polar surface area (TPSA) is 12.5 Å². The van der Waals surface area contributed by atoms with Crippen LogP contribution in [0.5, 0.6) is 0 Å². The molecule has 2 unspecified atom stereocenters. The summed E-state index contributed by atoms with van der Waals surface area (Å²) in [7, 11) is 0. The summed E-state index contributed by atoms with van der Waals surface area (Å²) in [5, 5.41) is 0.793. The molecule has 3 heteroatoms. The minimum atomic E-state index is 0.776. The number of rotatable bonds is 7. The smallest absolute Gasteiger partial charge is 0.126 e. The van der Waals surface area contributed by atoms with E-state index in [0.717, 1.165) is 54.9 Å². The highest BCUT2D eigenvalue weighted by atomic mass is 35.5. The number of nitrogens with zero attached hydrogens (tertiary/aromatic N) is 1. The second-order valence-electron chi connectivity index (χ2n) is 7.19. The van der Waals surface area contributed by atoms with Gasteiger partial charge in [-0.25, -0.2) is 0 Å². The molecule has 1 aromatic carbocycles. The van der Waals surface area contributed by atoms with Gasteiger partial charge >= 0.3 is 0 Å². The van der Waals surface area contributed by atoms with E-state index in [4.69, 9.17) is 16.3 Å². The van der Waals surface area contributed by atoms with Crippen molar-refractivity contribution in [1.82, 2.24) is 4.90 Å². The summed E-state index contributed by atoms with van der Waals surface area (Å²) in [6, 6.07) is 8.20. The quantitative estimate of drug-likeness (QED) is 0.672. The van der Waals surface area contributed by atoms with Crippen molar-refractivity contribution in [1.29, 1.82) is 0 Å². The number of halogens is 1. The van der Waals surface area contributed by atoms with Gasteiger partial charge in [0.15, 0.2) is 0 Å². The molecule has 2 atom stereocenters. The molecule has 0 saturated heterocycles. The number of ether oxygens (including phenoxy) is 1. The molecule has 0 aliphatic heterocycles. The zero-order chi connectivity index (χ0) is 16.0. The number of likely N-dealkylation sites (N-methyl/N-ethyl adjacent to an activating group) is 1.